The number of H-pyrrole nitrogens is 1. The summed E-state index contributed by atoms with van der Waals surface area (Å²) in [5.41, 5.74) is 2.93. The molecule has 0 saturated carbocycles. The van der Waals surface area contributed by atoms with Gasteiger partial charge in [0.2, 0.25) is 0 Å². The van der Waals surface area contributed by atoms with E-state index in [0.29, 0.717) is 16.6 Å². The van der Waals surface area contributed by atoms with Gasteiger partial charge in [-0.1, -0.05) is 59.7 Å². The van der Waals surface area contributed by atoms with E-state index in [1.165, 1.54) is 5.39 Å². The molecule has 0 aliphatic heterocycles. The van der Waals surface area contributed by atoms with Crippen LogP contribution >= 0.6 is 0 Å². The third-order valence-corrected chi connectivity index (χ3v) is 10.5. The first-order valence-corrected chi connectivity index (χ1v) is 9.78. The zero-order chi connectivity index (χ0) is 14.9. The Morgan fingerprint density at radius 1 is 0.900 bits per heavy atom. The largest absolute Gasteiger partial charge is 0.531 e. The number of benzene rings is 1. The van der Waals surface area contributed by atoms with E-state index in [9.17, 15) is 0 Å². The smallest absolute Gasteiger partial charge is 0.260 e. The Kier molecular flexibility index (Phi) is 4.28. The second kappa shape index (κ2) is 5.64. The lowest BCUT2D eigenvalue weighted by Gasteiger charge is -2.41. The topological polar surface area (TPSA) is 25.0 Å². The molecule has 0 fully saturated rings. The first kappa shape index (κ1) is 15.2. The molecule has 0 spiro atoms. The summed E-state index contributed by atoms with van der Waals surface area (Å²) in [6.07, 6.45) is 0. The van der Waals surface area contributed by atoms with Crippen molar-refractivity contribution in [1.29, 1.82) is 0 Å². The molecule has 0 bridgehead atoms. The molecule has 2 nitrogen and oxygen atoms in total. The van der Waals surface area contributed by atoms with Gasteiger partial charge in [-0.2, -0.15) is 0 Å². The first-order valence-electron chi connectivity index (χ1n) is 7.64. The average Bonchev–Trinajstić information content (AvgIpc) is 2.76. The fourth-order valence-corrected chi connectivity index (χ4v) is 8.84. The second-order valence-corrected chi connectivity index (χ2v) is 12.0. The van der Waals surface area contributed by atoms with Gasteiger partial charge in [0.1, 0.15) is 0 Å². The van der Waals surface area contributed by atoms with Crippen LogP contribution in [0.25, 0.3) is 10.9 Å². The van der Waals surface area contributed by atoms with Gasteiger partial charge in [-0.05, 0) is 22.7 Å². The molecule has 0 aliphatic carbocycles. The van der Waals surface area contributed by atoms with Crippen LogP contribution in [0.2, 0.25) is 16.6 Å². The molecule has 3 heteroatoms. The zero-order valence-corrected chi connectivity index (χ0v) is 14.5. The Morgan fingerprint density at radius 3 is 1.95 bits per heavy atom. The summed E-state index contributed by atoms with van der Waals surface area (Å²) in [6.45, 7) is 13.9. The van der Waals surface area contributed by atoms with E-state index in [1.54, 1.807) is 0 Å². The van der Waals surface area contributed by atoms with Crippen molar-refractivity contribution in [3.8, 4) is 5.88 Å². The first-order chi connectivity index (χ1) is 9.37. The number of para-hydroxylation sites is 1. The van der Waals surface area contributed by atoms with Crippen LogP contribution in [-0.4, -0.2) is 13.3 Å². The van der Waals surface area contributed by atoms with E-state index < -0.39 is 8.32 Å². The average molecular weight is 289 g/mol. The van der Waals surface area contributed by atoms with Crippen LogP contribution < -0.4 is 4.43 Å². The zero-order valence-electron chi connectivity index (χ0n) is 13.5. The molecular formula is C17H27NOSi. The van der Waals surface area contributed by atoms with Gasteiger partial charge in [-0.25, -0.2) is 0 Å². The quantitative estimate of drug-likeness (QED) is 0.699. The predicted molar refractivity (Wildman–Crippen MR) is 90.0 cm³/mol. The number of aromatic nitrogens is 1. The second-order valence-electron chi connectivity index (χ2n) is 6.64. The molecule has 0 unspecified atom stereocenters. The fraction of sp³-hybridized carbons (Fsp3) is 0.529. The summed E-state index contributed by atoms with van der Waals surface area (Å²) in [7, 11) is -1.86. The Balaban J connectivity index is 2.41. The van der Waals surface area contributed by atoms with Crippen molar-refractivity contribution in [2.24, 2.45) is 0 Å². The van der Waals surface area contributed by atoms with Gasteiger partial charge in [-0.3, -0.25) is 0 Å². The SMILES string of the molecule is CC(C)[Si](Oc1cc2ccccc2[nH]1)(C(C)C)C(C)C. The van der Waals surface area contributed by atoms with Crippen molar-refractivity contribution in [2.75, 3.05) is 0 Å². The molecule has 0 radical (unpaired) electrons. The highest BCUT2D eigenvalue weighted by molar-refractivity contribution is 6.78. The van der Waals surface area contributed by atoms with E-state index in [1.807, 2.05) is 0 Å². The van der Waals surface area contributed by atoms with E-state index in [4.69, 9.17) is 4.43 Å². The minimum Gasteiger partial charge on any atom is -0.531 e. The Bertz CT molecular complexity index is 516. The summed E-state index contributed by atoms with van der Waals surface area (Å²) in [5.74, 6) is 0.939. The van der Waals surface area contributed by atoms with Gasteiger partial charge < -0.3 is 9.41 Å². The number of aromatic amines is 1. The number of hydrogen-bond acceptors (Lipinski definition) is 1. The minimum atomic E-state index is -1.86. The van der Waals surface area contributed by atoms with E-state index in [2.05, 4.69) is 76.9 Å². The van der Waals surface area contributed by atoms with Crippen LogP contribution in [-0.2, 0) is 0 Å². The van der Waals surface area contributed by atoms with Gasteiger partial charge in [-0.15, -0.1) is 0 Å². The van der Waals surface area contributed by atoms with E-state index in [-0.39, 0.29) is 0 Å². The Morgan fingerprint density at radius 2 is 1.45 bits per heavy atom. The standard InChI is InChI=1S/C17H27NOSi/c1-12(2)20(13(3)4,14(5)6)19-17-11-15-9-7-8-10-16(15)18-17/h7-14,18H,1-6H3. The summed E-state index contributed by atoms with van der Waals surface area (Å²) in [4.78, 5) is 3.43. The van der Waals surface area contributed by atoms with Crippen molar-refractivity contribution in [3.05, 3.63) is 30.3 Å². The maximum absolute atomic E-state index is 6.65. The maximum atomic E-state index is 6.65. The van der Waals surface area contributed by atoms with Gasteiger partial charge >= 0.3 is 0 Å². The van der Waals surface area contributed by atoms with E-state index >= 15 is 0 Å². The Labute approximate surface area is 123 Å². The summed E-state index contributed by atoms with van der Waals surface area (Å²) in [6, 6.07) is 10.5. The van der Waals surface area contributed by atoms with Crippen molar-refractivity contribution in [2.45, 2.75) is 58.2 Å². The maximum Gasteiger partial charge on any atom is 0.260 e. The third kappa shape index (κ3) is 2.51. The van der Waals surface area contributed by atoms with Gasteiger partial charge in [0.15, 0.2) is 5.88 Å². The molecule has 1 N–H and O–H groups in total. The molecule has 2 aromatic rings. The molecular weight excluding hydrogens is 262 g/mol. The van der Waals surface area contributed by atoms with E-state index in [0.717, 1.165) is 11.4 Å². The highest BCUT2D eigenvalue weighted by Crippen LogP contribution is 2.42. The number of rotatable bonds is 5. The summed E-state index contributed by atoms with van der Waals surface area (Å²) >= 11 is 0. The van der Waals surface area contributed by atoms with Crippen LogP contribution in [0.1, 0.15) is 41.5 Å². The molecule has 0 saturated heterocycles. The number of nitrogens with one attached hydrogen (secondary N) is 1. The lowest BCUT2D eigenvalue weighted by molar-refractivity contribution is 0.467. The van der Waals surface area contributed by atoms with Gasteiger partial charge in [0.25, 0.3) is 8.32 Å². The third-order valence-electron chi connectivity index (χ3n) is 4.50. The summed E-state index contributed by atoms with van der Waals surface area (Å²) < 4.78 is 6.65. The normalized spacial score (nSPS) is 12.8. The number of hydrogen-bond donors (Lipinski definition) is 1. The molecule has 110 valence electrons. The molecule has 0 aliphatic rings. The van der Waals surface area contributed by atoms with Crippen LogP contribution in [0.3, 0.4) is 0 Å². The van der Waals surface area contributed by atoms with Crippen LogP contribution in [0, 0.1) is 0 Å². The van der Waals surface area contributed by atoms with Crippen LogP contribution in [0.4, 0.5) is 0 Å². The molecule has 20 heavy (non-hydrogen) atoms. The minimum absolute atomic E-state index is 0.592. The fourth-order valence-electron chi connectivity index (χ4n) is 3.65. The molecule has 1 heterocycles. The van der Waals surface area contributed by atoms with Crippen molar-refractivity contribution >= 4 is 19.2 Å². The lowest BCUT2D eigenvalue weighted by atomic mass is 10.3. The van der Waals surface area contributed by atoms with Crippen LogP contribution in [0.5, 0.6) is 5.88 Å². The molecule has 0 amide bonds. The highest BCUT2D eigenvalue weighted by Gasteiger charge is 2.47. The van der Waals surface area contributed by atoms with Gasteiger partial charge in [0, 0.05) is 17.0 Å². The van der Waals surface area contributed by atoms with Crippen molar-refractivity contribution in [3.63, 3.8) is 0 Å². The van der Waals surface area contributed by atoms with Crippen molar-refractivity contribution in [1.82, 2.24) is 4.98 Å². The lowest BCUT2D eigenvalue weighted by Crippen LogP contribution is -2.50. The highest BCUT2D eigenvalue weighted by atomic mass is 28.4. The summed E-state index contributed by atoms with van der Waals surface area (Å²) in [5, 5.41) is 1.22. The molecule has 1 aromatic carbocycles. The van der Waals surface area contributed by atoms with Crippen LogP contribution in [0.15, 0.2) is 30.3 Å². The molecule has 0 atom stereocenters. The number of fused-ring (bicyclic) bond motifs is 1. The Hall–Kier alpha value is -1.22. The molecule has 1 aromatic heterocycles. The van der Waals surface area contributed by atoms with Gasteiger partial charge in [0.05, 0.1) is 0 Å². The molecule has 2 rings (SSSR count). The van der Waals surface area contributed by atoms with Crippen molar-refractivity contribution < 1.29 is 4.43 Å². The monoisotopic (exact) mass is 289 g/mol. The predicted octanol–water partition coefficient (Wildman–Crippen LogP) is 5.72.